The predicted molar refractivity (Wildman–Crippen MR) is 113 cm³/mol. The third-order valence-electron chi connectivity index (χ3n) is 5.06. The first kappa shape index (κ1) is 19.1. The van der Waals surface area contributed by atoms with Gasteiger partial charge in [-0.05, 0) is 42.0 Å². The second kappa shape index (κ2) is 8.84. The Hall–Kier alpha value is -3.25. The molecule has 0 bridgehead atoms. The Labute approximate surface area is 169 Å². The Morgan fingerprint density at radius 2 is 1.66 bits per heavy atom. The van der Waals surface area contributed by atoms with Crippen molar-refractivity contribution in [1.29, 1.82) is 0 Å². The zero-order valence-corrected chi connectivity index (χ0v) is 16.1. The van der Waals surface area contributed by atoms with Crippen LogP contribution in [0.5, 0.6) is 0 Å². The van der Waals surface area contributed by atoms with E-state index < -0.39 is 0 Å². The number of halogens is 1. The van der Waals surface area contributed by atoms with Crippen LogP contribution in [0.1, 0.15) is 15.9 Å². The molecular weight excluding hydrogens is 367 g/mol. The predicted octanol–water partition coefficient (Wildman–Crippen LogP) is 3.80. The average Bonchev–Trinajstić information content (AvgIpc) is 2.77. The topological polar surface area (TPSA) is 48.5 Å². The number of carbonyl (C=O) groups is 1. The van der Waals surface area contributed by atoms with E-state index in [1.54, 1.807) is 18.3 Å². The highest BCUT2D eigenvalue weighted by Crippen LogP contribution is 2.18. The lowest BCUT2D eigenvalue weighted by atomic mass is 10.2. The molecule has 29 heavy (non-hydrogen) atoms. The molecule has 2 aromatic carbocycles. The minimum Gasteiger partial charge on any atom is -0.354 e. The first-order chi connectivity index (χ1) is 14.2. The van der Waals surface area contributed by atoms with Crippen LogP contribution in [0.4, 0.5) is 15.9 Å². The van der Waals surface area contributed by atoms with E-state index in [4.69, 9.17) is 0 Å². The number of benzene rings is 2. The second-order valence-corrected chi connectivity index (χ2v) is 7.11. The van der Waals surface area contributed by atoms with Crippen molar-refractivity contribution in [3.8, 4) is 0 Å². The molecule has 6 heteroatoms. The minimum atomic E-state index is -0.201. The van der Waals surface area contributed by atoms with Crippen molar-refractivity contribution in [3.05, 3.63) is 89.9 Å². The van der Waals surface area contributed by atoms with Gasteiger partial charge in [0.2, 0.25) is 0 Å². The summed E-state index contributed by atoms with van der Waals surface area (Å²) in [6.45, 7) is 4.43. The van der Waals surface area contributed by atoms with Crippen LogP contribution in [0.3, 0.4) is 0 Å². The number of amides is 1. The summed E-state index contributed by atoms with van der Waals surface area (Å²) in [5, 5.41) is 2.87. The van der Waals surface area contributed by atoms with Crippen LogP contribution < -0.4 is 10.2 Å². The number of piperazine rings is 1. The molecule has 0 saturated carbocycles. The summed E-state index contributed by atoms with van der Waals surface area (Å²) >= 11 is 0. The van der Waals surface area contributed by atoms with Crippen LogP contribution in [0.15, 0.2) is 72.9 Å². The lowest BCUT2D eigenvalue weighted by molar-refractivity contribution is 0.102. The van der Waals surface area contributed by atoms with Gasteiger partial charge in [0.1, 0.15) is 11.6 Å². The van der Waals surface area contributed by atoms with Crippen molar-refractivity contribution >= 4 is 17.4 Å². The minimum absolute atomic E-state index is 0.144. The molecule has 1 N–H and O–H groups in total. The van der Waals surface area contributed by atoms with Crippen LogP contribution in [-0.2, 0) is 6.54 Å². The van der Waals surface area contributed by atoms with Gasteiger partial charge in [-0.25, -0.2) is 9.37 Å². The van der Waals surface area contributed by atoms with E-state index in [0.717, 1.165) is 44.1 Å². The first-order valence-electron chi connectivity index (χ1n) is 9.71. The number of aromatic nitrogens is 1. The molecule has 0 aliphatic carbocycles. The molecule has 1 aliphatic rings. The van der Waals surface area contributed by atoms with E-state index in [9.17, 15) is 9.18 Å². The molecule has 0 radical (unpaired) electrons. The Balaban J connectivity index is 1.30. The Morgan fingerprint density at radius 1 is 0.931 bits per heavy atom. The van der Waals surface area contributed by atoms with E-state index in [-0.39, 0.29) is 11.7 Å². The monoisotopic (exact) mass is 390 g/mol. The van der Waals surface area contributed by atoms with Gasteiger partial charge in [0.25, 0.3) is 5.91 Å². The third-order valence-corrected chi connectivity index (χ3v) is 5.06. The lowest BCUT2D eigenvalue weighted by Crippen LogP contribution is -2.46. The molecule has 1 fully saturated rings. The van der Waals surface area contributed by atoms with Gasteiger partial charge >= 0.3 is 0 Å². The summed E-state index contributed by atoms with van der Waals surface area (Å²) in [6, 6.07) is 19.6. The van der Waals surface area contributed by atoms with Gasteiger partial charge in [0.15, 0.2) is 0 Å². The maximum absolute atomic E-state index is 13.0. The van der Waals surface area contributed by atoms with Gasteiger partial charge < -0.3 is 10.2 Å². The Kier molecular flexibility index (Phi) is 5.81. The summed E-state index contributed by atoms with van der Waals surface area (Å²) in [4.78, 5) is 21.3. The molecule has 3 aromatic rings. The molecule has 0 unspecified atom stereocenters. The molecule has 1 aromatic heterocycles. The number of hydrogen-bond acceptors (Lipinski definition) is 4. The molecule has 0 atom stereocenters. The number of nitrogens with one attached hydrogen (secondary N) is 1. The number of carbonyl (C=O) groups excluding carboxylic acids is 1. The SMILES string of the molecule is O=C(Nc1ccc(N2CCN(Cc3ccc(F)cc3)CC2)nc1)c1ccccc1. The van der Waals surface area contributed by atoms with Crippen LogP contribution in [0, 0.1) is 5.82 Å². The standard InChI is InChI=1S/C23H23FN4O/c24-20-8-6-18(7-9-20)17-27-12-14-28(15-13-27)22-11-10-21(16-25-22)26-23(29)19-4-2-1-3-5-19/h1-11,16H,12-15,17H2,(H,26,29). The number of pyridine rings is 1. The molecule has 4 rings (SSSR count). The van der Waals surface area contributed by atoms with Crippen LogP contribution in [0.2, 0.25) is 0 Å². The van der Waals surface area contributed by atoms with E-state index in [1.807, 2.05) is 42.5 Å². The summed E-state index contributed by atoms with van der Waals surface area (Å²) in [6.07, 6.45) is 1.70. The highest BCUT2D eigenvalue weighted by molar-refractivity contribution is 6.04. The molecule has 148 valence electrons. The lowest BCUT2D eigenvalue weighted by Gasteiger charge is -2.35. The third kappa shape index (κ3) is 4.97. The maximum Gasteiger partial charge on any atom is 0.255 e. The number of anilines is 2. The van der Waals surface area contributed by atoms with Crippen molar-refractivity contribution in [1.82, 2.24) is 9.88 Å². The van der Waals surface area contributed by atoms with Gasteiger partial charge in [0.05, 0.1) is 11.9 Å². The fourth-order valence-corrected chi connectivity index (χ4v) is 3.42. The first-order valence-corrected chi connectivity index (χ1v) is 9.71. The van der Waals surface area contributed by atoms with Crippen molar-refractivity contribution in [2.75, 3.05) is 36.4 Å². The Bertz CT molecular complexity index is 937. The molecule has 5 nitrogen and oxygen atoms in total. The van der Waals surface area contributed by atoms with Gasteiger partial charge in [-0.2, -0.15) is 0 Å². The van der Waals surface area contributed by atoms with E-state index in [2.05, 4.69) is 20.1 Å². The van der Waals surface area contributed by atoms with E-state index in [1.165, 1.54) is 12.1 Å². The summed E-state index contributed by atoms with van der Waals surface area (Å²) in [5.74, 6) is 0.562. The van der Waals surface area contributed by atoms with Crippen molar-refractivity contribution in [3.63, 3.8) is 0 Å². The molecule has 2 heterocycles. The second-order valence-electron chi connectivity index (χ2n) is 7.11. The largest absolute Gasteiger partial charge is 0.354 e. The van der Waals surface area contributed by atoms with Crippen molar-refractivity contribution < 1.29 is 9.18 Å². The normalized spacial score (nSPS) is 14.6. The fraction of sp³-hybridized carbons (Fsp3) is 0.217. The summed E-state index contributed by atoms with van der Waals surface area (Å²) in [5.41, 5.74) is 2.42. The molecule has 0 spiro atoms. The molecular formula is C23H23FN4O. The Morgan fingerprint density at radius 3 is 2.31 bits per heavy atom. The zero-order chi connectivity index (χ0) is 20.1. The van der Waals surface area contributed by atoms with Crippen LogP contribution in [-0.4, -0.2) is 42.0 Å². The number of hydrogen-bond donors (Lipinski definition) is 1. The highest BCUT2D eigenvalue weighted by Gasteiger charge is 2.18. The van der Waals surface area contributed by atoms with Gasteiger partial charge in [0, 0.05) is 38.3 Å². The highest BCUT2D eigenvalue weighted by atomic mass is 19.1. The van der Waals surface area contributed by atoms with E-state index >= 15 is 0 Å². The maximum atomic E-state index is 13.0. The summed E-state index contributed by atoms with van der Waals surface area (Å²) in [7, 11) is 0. The quantitative estimate of drug-likeness (QED) is 0.720. The number of nitrogens with zero attached hydrogens (tertiary/aromatic N) is 3. The van der Waals surface area contributed by atoms with Crippen LogP contribution in [0.25, 0.3) is 0 Å². The van der Waals surface area contributed by atoms with Gasteiger partial charge in [-0.15, -0.1) is 0 Å². The molecule has 1 aliphatic heterocycles. The van der Waals surface area contributed by atoms with Gasteiger partial charge in [-0.1, -0.05) is 30.3 Å². The molecule has 1 saturated heterocycles. The van der Waals surface area contributed by atoms with Gasteiger partial charge in [-0.3, -0.25) is 9.69 Å². The zero-order valence-electron chi connectivity index (χ0n) is 16.1. The number of rotatable bonds is 5. The fourth-order valence-electron chi connectivity index (χ4n) is 3.42. The smallest absolute Gasteiger partial charge is 0.255 e. The van der Waals surface area contributed by atoms with E-state index in [0.29, 0.717) is 11.3 Å². The van der Waals surface area contributed by atoms with Crippen LogP contribution >= 0.6 is 0 Å². The molecule has 1 amide bonds. The van der Waals surface area contributed by atoms with Crippen molar-refractivity contribution in [2.45, 2.75) is 6.54 Å². The van der Waals surface area contributed by atoms with Crippen molar-refractivity contribution in [2.24, 2.45) is 0 Å². The average molecular weight is 390 g/mol. The summed E-state index contributed by atoms with van der Waals surface area (Å²) < 4.78 is 13.0.